The molecule has 2 rings (SSSR count). The number of Topliss-reactive ketones (excluding diaryl/α,β-unsaturated/α-hetero) is 1. The third kappa shape index (κ3) is 2.62. The Morgan fingerprint density at radius 1 is 1.56 bits per heavy atom. The minimum absolute atomic E-state index is 0.0412. The van der Waals surface area contributed by atoms with Gasteiger partial charge in [0.05, 0.1) is 17.6 Å². The third-order valence-electron chi connectivity index (χ3n) is 2.48. The summed E-state index contributed by atoms with van der Waals surface area (Å²) in [4.78, 5) is 16.5. The topological polar surface area (TPSA) is 47.8 Å². The smallest absolute Gasteiger partial charge is 0.189 e. The molecular formula is C12H14ClN3OS. The molecule has 96 valence electrons. The molecule has 0 amide bonds. The molecule has 0 spiro atoms. The zero-order chi connectivity index (χ0) is 13.3. The van der Waals surface area contributed by atoms with Crippen LogP contribution in [0.25, 0.3) is 0 Å². The third-order valence-corrected chi connectivity index (χ3v) is 3.73. The molecule has 0 bridgehead atoms. The number of aryl methyl sites for hydroxylation is 1. The molecule has 2 aromatic rings. The van der Waals surface area contributed by atoms with Crippen LogP contribution in [-0.2, 0) is 6.42 Å². The van der Waals surface area contributed by atoms with Crippen molar-refractivity contribution in [2.45, 2.75) is 33.2 Å². The molecule has 0 aromatic carbocycles. The highest BCUT2D eigenvalue weighted by Crippen LogP contribution is 2.21. The zero-order valence-electron chi connectivity index (χ0n) is 10.5. The van der Waals surface area contributed by atoms with Crippen LogP contribution < -0.4 is 0 Å². The van der Waals surface area contributed by atoms with Crippen LogP contribution >= 0.6 is 22.9 Å². The molecule has 0 saturated carbocycles. The molecule has 6 heteroatoms. The predicted octanol–water partition coefficient (Wildman–Crippen LogP) is 3.31. The SMILES string of the molecule is Cc1csc(CC(=O)c2c(Cl)cnn2C(C)C)n1. The van der Waals surface area contributed by atoms with Crippen molar-refractivity contribution in [3.8, 4) is 0 Å². The summed E-state index contributed by atoms with van der Waals surface area (Å²) in [6, 6.07) is 0.106. The molecule has 2 aromatic heterocycles. The van der Waals surface area contributed by atoms with Gasteiger partial charge in [-0.25, -0.2) is 4.98 Å². The van der Waals surface area contributed by atoms with Crippen molar-refractivity contribution in [1.82, 2.24) is 14.8 Å². The maximum Gasteiger partial charge on any atom is 0.189 e. The van der Waals surface area contributed by atoms with Crippen LogP contribution in [0.3, 0.4) is 0 Å². The molecule has 2 heterocycles. The summed E-state index contributed by atoms with van der Waals surface area (Å²) in [6.45, 7) is 5.84. The van der Waals surface area contributed by atoms with Gasteiger partial charge in [0.25, 0.3) is 0 Å². The fourth-order valence-corrected chi connectivity index (χ4v) is 2.70. The molecular weight excluding hydrogens is 270 g/mol. The summed E-state index contributed by atoms with van der Waals surface area (Å²) in [5.74, 6) is -0.0412. The van der Waals surface area contributed by atoms with Crippen LogP contribution in [0.4, 0.5) is 0 Å². The van der Waals surface area contributed by atoms with Crippen molar-refractivity contribution in [3.63, 3.8) is 0 Å². The quantitative estimate of drug-likeness (QED) is 0.809. The first kappa shape index (κ1) is 13.2. The molecule has 0 N–H and O–H groups in total. The van der Waals surface area contributed by atoms with Gasteiger partial charge >= 0.3 is 0 Å². The maximum atomic E-state index is 12.3. The Kier molecular flexibility index (Phi) is 3.82. The number of hydrogen-bond donors (Lipinski definition) is 0. The van der Waals surface area contributed by atoms with Gasteiger partial charge in [0.1, 0.15) is 10.7 Å². The molecule has 0 aliphatic heterocycles. The number of hydrogen-bond acceptors (Lipinski definition) is 4. The number of halogens is 1. The monoisotopic (exact) mass is 283 g/mol. The Bertz CT molecular complexity index is 574. The van der Waals surface area contributed by atoms with E-state index in [4.69, 9.17) is 11.6 Å². The van der Waals surface area contributed by atoms with Crippen molar-refractivity contribution < 1.29 is 4.79 Å². The Morgan fingerprint density at radius 2 is 2.28 bits per heavy atom. The lowest BCUT2D eigenvalue weighted by Crippen LogP contribution is -2.14. The molecule has 4 nitrogen and oxygen atoms in total. The summed E-state index contributed by atoms with van der Waals surface area (Å²) >= 11 is 7.52. The molecule has 0 aliphatic carbocycles. The van der Waals surface area contributed by atoms with E-state index in [1.807, 2.05) is 26.2 Å². The number of carbonyl (C=O) groups is 1. The first-order valence-electron chi connectivity index (χ1n) is 5.66. The van der Waals surface area contributed by atoms with Gasteiger partial charge in [0.15, 0.2) is 5.78 Å². The number of carbonyl (C=O) groups excluding carboxylic acids is 1. The second-order valence-electron chi connectivity index (χ2n) is 4.36. The van der Waals surface area contributed by atoms with Crippen LogP contribution in [0.15, 0.2) is 11.6 Å². The van der Waals surface area contributed by atoms with Crippen molar-refractivity contribution in [2.75, 3.05) is 0 Å². The van der Waals surface area contributed by atoms with E-state index in [2.05, 4.69) is 10.1 Å². The van der Waals surface area contributed by atoms with Gasteiger partial charge in [-0.15, -0.1) is 11.3 Å². The summed E-state index contributed by atoms with van der Waals surface area (Å²) in [5, 5.41) is 7.28. The molecule has 0 unspecified atom stereocenters. The normalized spacial score (nSPS) is 11.2. The molecule has 0 fully saturated rings. The average Bonchev–Trinajstić information content (AvgIpc) is 2.85. The second kappa shape index (κ2) is 5.20. The van der Waals surface area contributed by atoms with Crippen LogP contribution in [0, 0.1) is 6.92 Å². The lowest BCUT2D eigenvalue weighted by Gasteiger charge is -2.09. The highest BCUT2D eigenvalue weighted by atomic mass is 35.5. The minimum atomic E-state index is -0.0412. The van der Waals surface area contributed by atoms with E-state index in [-0.39, 0.29) is 18.2 Å². The van der Waals surface area contributed by atoms with Crippen molar-refractivity contribution in [3.05, 3.63) is 33.0 Å². The number of nitrogens with zero attached hydrogens (tertiary/aromatic N) is 3. The number of thiazole rings is 1. The Balaban J connectivity index is 2.26. The number of rotatable bonds is 4. The fourth-order valence-electron chi connectivity index (χ4n) is 1.70. The van der Waals surface area contributed by atoms with E-state index in [0.29, 0.717) is 10.7 Å². The van der Waals surface area contributed by atoms with E-state index >= 15 is 0 Å². The fraction of sp³-hybridized carbons (Fsp3) is 0.417. The van der Waals surface area contributed by atoms with Gasteiger partial charge in [0.2, 0.25) is 0 Å². The molecule has 0 radical (unpaired) electrons. The van der Waals surface area contributed by atoms with E-state index < -0.39 is 0 Å². The molecule has 0 saturated heterocycles. The van der Waals surface area contributed by atoms with Gasteiger partial charge in [-0.1, -0.05) is 11.6 Å². The predicted molar refractivity (Wildman–Crippen MR) is 72.5 cm³/mol. The summed E-state index contributed by atoms with van der Waals surface area (Å²) in [6.07, 6.45) is 1.79. The van der Waals surface area contributed by atoms with Crippen LogP contribution in [0.2, 0.25) is 5.02 Å². The van der Waals surface area contributed by atoms with Gasteiger partial charge in [0, 0.05) is 17.1 Å². The lowest BCUT2D eigenvalue weighted by molar-refractivity contribution is 0.0981. The maximum absolute atomic E-state index is 12.3. The average molecular weight is 284 g/mol. The van der Waals surface area contributed by atoms with Crippen LogP contribution in [0.5, 0.6) is 0 Å². The Hall–Kier alpha value is -1.20. The summed E-state index contributed by atoms with van der Waals surface area (Å²) in [7, 11) is 0. The van der Waals surface area contributed by atoms with E-state index in [9.17, 15) is 4.79 Å². The lowest BCUT2D eigenvalue weighted by atomic mass is 10.2. The van der Waals surface area contributed by atoms with Gasteiger partial charge < -0.3 is 0 Å². The molecule has 0 atom stereocenters. The van der Waals surface area contributed by atoms with E-state index in [1.165, 1.54) is 17.5 Å². The van der Waals surface area contributed by atoms with Gasteiger partial charge in [-0.05, 0) is 20.8 Å². The van der Waals surface area contributed by atoms with Crippen LogP contribution in [0.1, 0.15) is 41.1 Å². The van der Waals surface area contributed by atoms with Crippen LogP contribution in [-0.4, -0.2) is 20.5 Å². The summed E-state index contributed by atoms with van der Waals surface area (Å²) < 4.78 is 1.66. The standard InChI is InChI=1S/C12H14ClN3OS/c1-7(2)16-12(9(13)5-14-16)10(17)4-11-15-8(3)6-18-11/h5-7H,4H2,1-3H3. The van der Waals surface area contributed by atoms with E-state index in [1.54, 1.807) is 4.68 Å². The first-order chi connectivity index (χ1) is 8.49. The van der Waals surface area contributed by atoms with Crippen molar-refractivity contribution in [2.24, 2.45) is 0 Å². The Morgan fingerprint density at radius 3 is 2.83 bits per heavy atom. The summed E-state index contributed by atoms with van der Waals surface area (Å²) in [5.41, 5.74) is 1.41. The molecule has 0 aliphatic rings. The number of ketones is 1. The Labute approximate surface area is 115 Å². The van der Waals surface area contributed by atoms with Crippen molar-refractivity contribution in [1.29, 1.82) is 0 Å². The molecule has 18 heavy (non-hydrogen) atoms. The number of aromatic nitrogens is 3. The minimum Gasteiger partial charge on any atom is -0.292 e. The second-order valence-corrected chi connectivity index (χ2v) is 5.71. The van der Waals surface area contributed by atoms with Crippen molar-refractivity contribution >= 4 is 28.7 Å². The zero-order valence-corrected chi connectivity index (χ0v) is 12.0. The highest BCUT2D eigenvalue weighted by molar-refractivity contribution is 7.09. The van der Waals surface area contributed by atoms with E-state index in [0.717, 1.165) is 10.7 Å². The first-order valence-corrected chi connectivity index (χ1v) is 6.92. The van der Waals surface area contributed by atoms with Gasteiger partial charge in [-0.2, -0.15) is 5.10 Å². The van der Waals surface area contributed by atoms with Gasteiger partial charge in [-0.3, -0.25) is 9.48 Å². The highest BCUT2D eigenvalue weighted by Gasteiger charge is 2.20. The largest absolute Gasteiger partial charge is 0.292 e.